The molecule has 0 fully saturated rings. The van der Waals surface area contributed by atoms with Crippen molar-refractivity contribution in [3.8, 4) is 0 Å². The first-order valence-electron chi connectivity index (χ1n) is 3.40. The van der Waals surface area contributed by atoms with Gasteiger partial charge in [0, 0.05) is 0 Å². The number of guanidine groups is 2. The third-order valence-electron chi connectivity index (χ3n) is 0.231. The summed E-state index contributed by atoms with van der Waals surface area (Å²) < 4.78 is 63.2. The summed E-state index contributed by atoms with van der Waals surface area (Å²) >= 11 is 0. The molecule has 0 spiro atoms. The third kappa shape index (κ3) is 1320. The molecule has 0 rings (SSSR count). The molecule has 0 unspecified atom stereocenters. The van der Waals surface area contributed by atoms with Gasteiger partial charge in [-0.15, -0.1) is 0 Å². The van der Waals surface area contributed by atoms with Crippen LogP contribution in [0.3, 0.4) is 0 Å². The van der Waals surface area contributed by atoms with E-state index in [9.17, 15) is 0 Å². The van der Waals surface area contributed by atoms with Crippen LogP contribution in [0.4, 0.5) is 0 Å². The Bertz CT molecular complexity index is 409. The van der Waals surface area contributed by atoms with E-state index in [0.717, 1.165) is 0 Å². The van der Waals surface area contributed by atoms with E-state index in [1.54, 1.807) is 0 Å². The molecule has 16 N–H and O–H groups in total. The van der Waals surface area contributed by atoms with Gasteiger partial charge in [0.2, 0.25) is 11.9 Å². The monoisotopic (exact) mass is 364 g/mol. The van der Waals surface area contributed by atoms with Gasteiger partial charge < -0.3 is 38.8 Å². The van der Waals surface area contributed by atoms with Crippen molar-refractivity contribution in [2.24, 2.45) is 33.2 Å². The Balaban J connectivity index is -0.0000000533. The molecule has 0 aliphatic rings. The lowest BCUT2D eigenvalue weighted by molar-refractivity contribution is 0.317. The summed E-state index contributed by atoms with van der Waals surface area (Å²) in [6.45, 7) is 0. The van der Waals surface area contributed by atoms with Crippen LogP contribution in [-0.2, 0) is 20.8 Å². The highest BCUT2D eigenvalue weighted by atomic mass is 32.3. The molecule has 17 nitrogen and oxygen atoms in total. The van der Waals surface area contributed by atoms with Gasteiger partial charge in [0.05, 0.1) is 0 Å². The maximum Gasteiger partial charge on any atom is 0.394 e. The van der Waals surface area contributed by atoms with Crippen molar-refractivity contribution in [2.75, 3.05) is 0 Å². The first-order valence-corrected chi connectivity index (χ1v) is 6.19. The van der Waals surface area contributed by atoms with E-state index in [-0.39, 0.29) is 17.4 Å². The van der Waals surface area contributed by atoms with Crippen LogP contribution in [0.2, 0.25) is 0 Å². The molecule has 0 saturated heterocycles. The van der Waals surface area contributed by atoms with Crippen LogP contribution in [0, 0.1) is 0 Å². The summed E-state index contributed by atoms with van der Waals surface area (Å²) in [4.78, 5) is 0. The number of rotatable bonds is 0. The maximum absolute atomic E-state index is 8.74. The van der Waals surface area contributed by atoms with Gasteiger partial charge in [0.25, 0.3) is 0 Å². The number of hydrogen-bond donors (Lipinski definition) is 10. The zero-order valence-electron chi connectivity index (χ0n) is 9.84. The van der Waals surface area contributed by atoms with Crippen LogP contribution in [-0.4, -0.2) is 62.9 Å². The van der Waals surface area contributed by atoms with Crippen LogP contribution >= 0.6 is 0 Å². The van der Waals surface area contributed by atoms with Gasteiger partial charge in [-0.25, -0.2) is 0 Å². The minimum atomic E-state index is -4.67. The molecule has 132 valence electrons. The van der Waals surface area contributed by atoms with E-state index in [0.29, 0.717) is 0 Å². The van der Waals surface area contributed by atoms with E-state index < -0.39 is 20.8 Å². The zero-order valence-corrected chi connectivity index (χ0v) is 11.5. The number of nitrogens with two attached hydrogens (primary N) is 4. The zero-order chi connectivity index (χ0) is 17.6. The van der Waals surface area contributed by atoms with Crippen LogP contribution in [0.15, 0.2) is 10.3 Å². The molecule has 0 radical (unpaired) electrons. The van der Waals surface area contributed by atoms with Gasteiger partial charge in [-0.05, 0) is 0 Å². The smallest absolute Gasteiger partial charge is 0.394 e. The Kier molecular flexibility index (Phi) is 23.7. The maximum atomic E-state index is 8.74. The molecule has 0 bridgehead atoms. The SMILES string of the molecule is NC(N)=NO.NC(N)=NO.O.O=S(=O)(O)O.O=S(=O)(O)O. The molecule has 21 heavy (non-hydrogen) atoms. The van der Waals surface area contributed by atoms with Crippen LogP contribution in [0.25, 0.3) is 0 Å². The van der Waals surface area contributed by atoms with Crippen molar-refractivity contribution in [3.63, 3.8) is 0 Å². The minimum absolute atomic E-state index is 0. The summed E-state index contributed by atoms with van der Waals surface area (Å²) in [5.74, 6) is -0.630. The van der Waals surface area contributed by atoms with Crippen molar-refractivity contribution >= 4 is 32.7 Å². The number of oxime groups is 2. The summed E-state index contributed by atoms with van der Waals surface area (Å²) in [5.41, 5.74) is 18.3. The predicted molar refractivity (Wildman–Crippen MR) is 67.2 cm³/mol. The van der Waals surface area contributed by atoms with E-state index in [4.69, 9.17) is 45.5 Å². The van der Waals surface area contributed by atoms with Gasteiger partial charge in [-0.1, -0.05) is 10.3 Å². The minimum Gasteiger partial charge on any atom is -0.412 e. The molecule has 0 amide bonds. The lowest BCUT2D eigenvalue weighted by Crippen LogP contribution is -2.21. The van der Waals surface area contributed by atoms with Crippen molar-refractivity contribution < 1.29 is 50.9 Å². The fourth-order valence-corrected chi connectivity index (χ4v) is 0. The summed E-state index contributed by atoms with van der Waals surface area (Å²) in [6.07, 6.45) is 0. The van der Waals surface area contributed by atoms with Crippen molar-refractivity contribution in [1.29, 1.82) is 0 Å². The summed E-state index contributed by atoms with van der Waals surface area (Å²) in [6, 6.07) is 0. The van der Waals surface area contributed by atoms with E-state index in [2.05, 4.69) is 33.2 Å². The van der Waals surface area contributed by atoms with Crippen LogP contribution in [0.1, 0.15) is 0 Å². The molecular weight excluding hydrogens is 348 g/mol. The second-order valence-corrected chi connectivity index (χ2v) is 3.74. The normalized spacial score (nSPS) is 8.57. The molecule has 0 heterocycles. The van der Waals surface area contributed by atoms with Crippen LogP contribution in [0.5, 0.6) is 0 Å². The Hall–Kier alpha value is -2.16. The number of hydrogen-bond acceptors (Lipinski definition) is 8. The van der Waals surface area contributed by atoms with Crippen molar-refractivity contribution in [2.45, 2.75) is 0 Å². The third-order valence-corrected chi connectivity index (χ3v) is 0.231. The second kappa shape index (κ2) is 15.9. The lowest BCUT2D eigenvalue weighted by Gasteiger charge is -1.75. The fraction of sp³-hybridized carbons (Fsp3) is 0. The molecule has 19 heteroatoms. The van der Waals surface area contributed by atoms with Gasteiger partial charge >= 0.3 is 20.8 Å². The molecule has 0 aromatic carbocycles. The molecule has 0 aliphatic heterocycles. The first-order chi connectivity index (χ1) is 8.54. The topological polar surface area (TPSA) is 350 Å². The quantitative estimate of drug-likeness (QED) is 0.0633. The van der Waals surface area contributed by atoms with Crippen molar-refractivity contribution in [1.82, 2.24) is 0 Å². The van der Waals surface area contributed by atoms with Crippen LogP contribution < -0.4 is 22.9 Å². The summed E-state index contributed by atoms with van der Waals surface area (Å²) in [7, 11) is -9.33. The largest absolute Gasteiger partial charge is 0.412 e. The Labute approximate surface area is 118 Å². The summed E-state index contributed by atoms with van der Waals surface area (Å²) in [5, 5.41) is 19.7. The second-order valence-electron chi connectivity index (χ2n) is 1.95. The molecule has 0 atom stereocenters. The highest BCUT2D eigenvalue weighted by Gasteiger charge is 1.85. The Morgan fingerprint density at radius 2 is 0.714 bits per heavy atom. The average molecular weight is 364 g/mol. The average Bonchev–Trinajstić information content (AvgIpc) is 2.13. The predicted octanol–water partition coefficient (Wildman–Crippen LogP) is -4.83. The first kappa shape index (κ1) is 31.3. The fourth-order valence-electron chi connectivity index (χ4n) is 0. The van der Waals surface area contributed by atoms with E-state index in [1.165, 1.54) is 0 Å². The van der Waals surface area contributed by atoms with Gasteiger partial charge in [-0.3, -0.25) is 18.2 Å². The van der Waals surface area contributed by atoms with Gasteiger partial charge in [-0.2, -0.15) is 16.8 Å². The van der Waals surface area contributed by atoms with Gasteiger partial charge in [0.1, 0.15) is 0 Å². The standard InChI is InChI=1S/2CH5N3O.2H2O4S.H2O/c2*2-1(3)4-5;2*1-5(2,3)4;/h2*5H,(H4,2,3,4);2*(H2,1,2,3,4);1H2. The molecule has 0 saturated carbocycles. The lowest BCUT2D eigenvalue weighted by atomic mass is 11.1. The van der Waals surface area contributed by atoms with E-state index in [1.807, 2.05) is 0 Å². The van der Waals surface area contributed by atoms with Crippen molar-refractivity contribution in [3.05, 3.63) is 0 Å². The van der Waals surface area contributed by atoms with E-state index >= 15 is 0 Å². The van der Waals surface area contributed by atoms with Gasteiger partial charge in [0.15, 0.2) is 0 Å². The Morgan fingerprint density at radius 3 is 0.714 bits per heavy atom. The number of nitrogens with zero attached hydrogens (tertiary/aromatic N) is 2. The Morgan fingerprint density at radius 1 is 0.667 bits per heavy atom. The highest BCUT2D eigenvalue weighted by Crippen LogP contribution is 1.59. The highest BCUT2D eigenvalue weighted by molar-refractivity contribution is 7.80. The molecule has 0 aliphatic carbocycles. The molecular formula is C2H16N6O11S2. The molecule has 0 aromatic heterocycles. The molecule has 0 aromatic rings.